The van der Waals surface area contributed by atoms with Crippen LogP contribution in [0, 0.1) is 6.92 Å². The Morgan fingerprint density at radius 1 is 1.25 bits per heavy atom. The van der Waals surface area contributed by atoms with Gasteiger partial charge in [-0.1, -0.05) is 6.07 Å². The molecule has 0 bridgehead atoms. The first-order chi connectivity index (χ1) is 11.3. The lowest BCUT2D eigenvalue weighted by molar-refractivity contribution is -0.113. The van der Waals surface area contributed by atoms with E-state index in [9.17, 15) is 4.79 Å². The highest BCUT2D eigenvalue weighted by molar-refractivity contribution is 8.00. The van der Waals surface area contributed by atoms with Gasteiger partial charge < -0.3 is 5.32 Å². The van der Waals surface area contributed by atoms with Crippen molar-refractivity contribution in [2.45, 2.75) is 57.4 Å². The van der Waals surface area contributed by atoms with Crippen molar-refractivity contribution in [1.29, 1.82) is 0 Å². The number of carbonyl (C=O) groups excluding carboxylic acids is 1. The van der Waals surface area contributed by atoms with Crippen LogP contribution in [0.4, 0.5) is 5.82 Å². The van der Waals surface area contributed by atoms with Gasteiger partial charge in [0.15, 0.2) is 0 Å². The Balaban J connectivity index is 1.62. The Kier molecular flexibility index (Phi) is 4.72. The lowest BCUT2D eigenvalue weighted by Gasteiger charge is -2.22. The summed E-state index contributed by atoms with van der Waals surface area (Å²) in [6.45, 7) is 8.17. The van der Waals surface area contributed by atoms with Crippen LogP contribution in [-0.2, 0) is 23.2 Å². The van der Waals surface area contributed by atoms with E-state index in [0.29, 0.717) is 5.75 Å². The number of aryl methyl sites for hydroxylation is 3. The third-order valence-corrected chi connectivity index (χ3v) is 5.17. The molecule has 0 atom stereocenters. The summed E-state index contributed by atoms with van der Waals surface area (Å²) in [6, 6.07) is 8.50. The van der Waals surface area contributed by atoms with Crippen LogP contribution in [0.2, 0.25) is 0 Å². The fourth-order valence-electron chi connectivity index (χ4n) is 3.07. The largest absolute Gasteiger partial charge is 0.310 e. The van der Waals surface area contributed by atoms with Gasteiger partial charge in [-0.2, -0.15) is 5.10 Å². The molecule has 24 heavy (non-hydrogen) atoms. The predicted molar refractivity (Wildman–Crippen MR) is 99.8 cm³/mol. The average Bonchev–Trinajstić information content (AvgIpc) is 3.10. The van der Waals surface area contributed by atoms with E-state index in [1.54, 1.807) is 11.8 Å². The number of amides is 1. The standard InChI is InChI=1S/C19H25N3OS/c1-13-10-17(22(21-13)19(2,3)4)20-18(23)12-24-16-9-8-14-6-5-7-15(14)11-16/h8-11H,5-7,12H2,1-4H3,(H,20,23). The first-order valence-electron chi connectivity index (χ1n) is 8.44. The van der Waals surface area contributed by atoms with Crippen LogP contribution in [0.3, 0.4) is 0 Å². The maximum atomic E-state index is 12.3. The summed E-state index contributed by atoms with van der Waals surface area (Å²) < 4.78 is 1.88. The van der Waals surface area contributed by atoms with Crippen LogP contribution in [0.15, 0.2) is 29.2 Å². The molecule has 3 rings (SSSR count). The van der Waals surface area contributed by atoms with Crippen LogP contribution in [0.1, 0.15) is 44.0 Å². The van der Waals surface area contributed by atoms with Crippen molar-refractivity contribution in [2.75, 3.05) is 11.1 Å². The number of hydrogen-bond donors (Lipinski definition) is 1. The van der Waals surface area contributed by atoms with Crippen molar-refractivity contribution in [3.8, 4) is 0 Å². The molecule has 2 aromatic rings. The van der Waals surface area contributed by atoms with Gasteiger partial charge in [0.2, 0.25) is 5.91 Å². The quantitative estimate of drug-likeness (QED) is 0.848. The van der Waals surface area contributed by atoms with E-state index in [4.69, 9.17) is 0 Å². The van der Waals surface area contributed by atoms with Crippen molar-refractivity contribution in [2.24, 2.45) is 0 Å². The molecule has 0 spiro atoms. The SMILES string of the molecule is Cc1cc(NC(=O)CSc2ccc3c(c2)CCC3)n(C(C)(C)C)n1. The molecule has 0 fully saturated rings. The second kappa shape index (κ2) is 6.63. The maximum Gasteiger partial charge on any atom is 0.235 e. The van der Waals surface area contributed by atoms with Crippen LogP contribution in [0.25, 0.3) is 0 Å². The number of benzene rings is 1. The summed E-state index contributed by atoms with van der Waals surface area (Å²) in [4.78, 5) is 13.5. The molecule has 1 amide bonds. The average molecular weight is 343 g/mol. The van der Waals surface area contributed by atoms with Crippen molar-refractivity contribution >= 4 is 23.5 Å². The van der Waals surface area contributed by atoms with Gasteiger partial charge in [0.1, 0.15) is 5.82 Å². The van der Waals surface area contributed by atoms with Crippen LogP contribution < -0.4 is 5.32 Å². The Bertz CT molecular complexity index is 758. The minimum absolute atomic E-state index is 0.00546. The van der Waals surface area contributed by atoms with Crippen molar-refractivity contribution in [3.63, 3.8) is 0 Å². The fraction of sp³-hybridized carbons (Fsp3) is 0.474. The summed E-state index contributed by atoms with van der Waals surface area (Å²) in [7, 11) is 0. The zero-order valence-corrected chi connectivity index (χ0v) is 15.7. The predicted octanol–water partition coefficient (Wildman–Crippen LogP) is 4.17. The Hall–Kier alpha value is -1.75. The number of aromatic nitrogens is 2. The molecule has 4 nitrogen and oxygen atoms in total. The summed E-state index contributed by atoms with van der Waals surface area (Å²) in [5.41, 5.74) is 3.66. The van der Waals surface area contributed by atoms with E-state index < -0.39 is 0 Å². The Morgan fingerprint density at radius 2 is 2.00 bits per heavy atom. The number of hydrogen-bond acceptors (Lipinski definition) is 3. The van der Waals surface area contributed by atoms with Gasteiger partial charge in [-0.3, -0.25) is 4.79 Å². The molecule has 1 heterocycles. The summed E-state index contributed by atoms with van der Waals surface area (Å²) in [6.07, 6.45) is 3.61. The first kappa shape index (κ1) is 17.1. The highest BCUT2D eigenvalue weighted by atomic mass is 32.2. The minimum Gasteiger partial charge on any atom is -0.310 e. The van der Waals surface area contributed by atoms with Crippen LogP contribution >= 0.6 is 11.8 Å². The second-order valence-corrected chi connectivity index (χ2v) is 8.42. The molecule has 0 saturated carbocycles. The van der Waals surface area contributed by atoms with Gasteiger partial charge in [0, 0.05) is 11.0 Å². The zero-order chi connectivity index (χ0) is 17.3. The van der Waals surface area contributed by atoms with E-state index in [1.165, 1.54) is 35.3 Å². The number of anilines is 1. The molecule has 1 aromatic heterocycles. The van der Waals surface area contributed by atoms with E-state index in [0.717, 1.165) is 11.5 Å². The smallest absolute Gasteiger partial charge is 0.235 e. The number of fused-ring (bicyclic) bond motifs is 1. The molecular formula is C19H25N3OS. The second-order valence-electron chi connectivity index (χ2n) is 7.37. The van der Waals surface area contributed by atoms with Crippen molar-refractivity contribution in [1.82, 2.24) is 9.78 Å². The van der Waals surface area contributed by atoms with Gasteiger partial charge in [-0.05, 0) is 70.2 Å². The minimum atomic E-state index is -0.163. The number of carbonyl (C=O) groups is 1. The van der Waals surface area contributed by atoms with Gasteiger partial charge in [-0.15, -0.1) is 11.8 Å². The molecule has 5 heteroatoms. The first-order valence-corrected chi connectivity index (χ1v) is 9.43. The normalized spacial score (nSPS) is 13.8. The molecular weight excluding hydrogens is 318 g/mol. The Morgan fingerprint density at radius 3 is 2.75 bits per heavy atom. The molecule has 1 aromatic carbocycles. The molecule has 0 aliphatic heterocycles. The van der Waals surface area contributed by atoms with E-state index in [2.05, 4.69) is 49.4 Å². The third-order valence-electron chi connectivity index (χ3n) is 4.17. The topological polar surface area (TPSA) is 46.9 Å². The molecule has 128 valence electrons. The molecule has 1 N–H and O–H groups in total. The fourth-order valence-corrected chi connectivity index (χ4v) is 3.83. The maximum absolute atomic E-state index is 12.3. The van der Waals surface area contributed by atoms with Crippen molar-refractivity contribution < 1.29 is 4.79 Å². The number of nitrogens with zero attached hydrogens (tertiary/aromatic N) is 2. The molecule has 0 saturated heterocycles. The monoisotopic (exact) mass is 343 g/mol. The zero-order valence-electron chi connectivity index (χ0n) is 14.8. The van der Waals surface area contributed by atoms with E-state index in [-0.39, 0.29) is 11.4 Å². The van der Waals surface area contributed by atoms with Crippen molar-refractivity contribution in [3.05, 3.63) is 41.1 Å². The van der Waals surface area contributed by atoms with E-state index in [1.807, 2.05) is 17.7 Å². The molecule has 1 aliphatic rings. The summed E-state index contributed by atoms with van der Waals surface area (Å²) in [5.74, 6) is 1.18. The lowest BCUT2D eigenvalue weighted by Crippen LogP contribution is -2.27. The highest BCUT2D eigenvalue weighted by Crippen LogP contribution is 2.28. The van der Waals surface area contributed by atoms with Crippen LogP contribution in [0.5, 0.6) is 0 Å². The summed E-state index contributed by atoms with van der Waals surface area (Å²) >= 11 is 1.59. The summed E-state index contributed by atoms with van der Waals surface area (Å²) in [5, 5.41) is 7.49. The van der Waals surface area contributed by atoms with Crippen LogP contribution in [-0.4, -0.2) is 21.4 Å². The number of rotatable bonds is 4. The molecule has 1 aliphatic carbocycles. The highest BCUT2D eigenvalue weighted by Gasteiger charge is 2.20. The molecule has 0 unspecified atom stereocenters. The Labute approximate surface area is 148 Å². The number of nitrogens with one attached hydrogen (secondary N) is 1. The van der Waals surface area contributed by atoms with Gasteiger partial charge in [0.25, 0.3) is 0 Å². The van der Waals surface area contributed by atoms with Gasteiger partial charge in [-0.25, -0.2) is 4.68 Å². The van der Waals surface area contributed by atoms with Gasteiger partial charge >= 0.3 is 0 Å². The lowest BCUT2D eigenvalue weighted by atomic mass is 10.1. The third kappa shape index (κ3) is 3.83. The molecule has 0 radical (unpaired) electrons. The van der Waals surface area contributed by atoms with Gasteiger partial charge in [0.05, 0.1) is 17.0 Å². The number of thioether (sulfide) groups is 1. The van der Waals surface area contributed by atoms with E-state index >= 15 is 0 Å².